The average molecular weight is 392 g/mol. The highest BCUT2D eigenvalue weighted by Crippen LogP contribution is 2.29. The third-order valence-corrected chi connectivity index (χ3v) is 5.94. The molecule has 5 nitrogen and oxygen atoms in total. The predicted molar refractivity (Wildman–Crippen MR) is 116 cm³/mol. The van der Waals surface area contributed by atoms with Gasteiger partial charge in [-0.1, -0.05) is 43.9 Å². The number of amides is 2. The standard InChI is InChI=1S/C24H29N3O2/c28-23(26-21-8-3-1-2-4-9-21)17-25-20-13-11-19(12-14-20)24(29)27-16-15-18-7-5-6-10-22(18)27/h5-7,10-14,21,25H,1-4,8-9,15-17H2,(H,26,28). The number of para-hydroxylation sites is 1. The van der Waals surface area contributed by atoms with Gasteiger partial charge in [-0.05, 0) is 55.2 Å². The minimum atomic E-state index is 0.0209. The van der Waals surface area contributed by atoms with Gasteiger partial charge in [-0.15, -0.1) is 0 Å². The van der Waals surface area contributed by atoms with Crippen LogP contribution in [-0.2, 0) is 11.2 Å². The lowest BCUT2D eigenvalue weighted by atomic mass is 10.1. The Hall–Kier alpha value is -2.82. The van der Waals surface area contributed by atoms with Crippen molar-refractivity contribution in [2.45, 2.75) is 51.0 Å². The van der Waals surface area contributed by atoms with E-state index in [1.807, 2.05) is 47.4 Å². The number of nitrogens with one attached hydrogen (secondary N) is 2. The van der Waals surface area contributed by atoms with Crippen molar-refractivity contribution in [3.8, 4) is 0 Å². The molecule has 2 aromatic rings. The van der Waals surface area contributed by atoms with Gasteiger partial charge < -0.3 is 15.5 Å². The first-order valence-corrected chi connectivity index (χ1v) is 10.7. The monoisotopic (exact) mass is 391 g/mol. The van der Waals surface area contributed by atoms with Crippen LogP contribution in [0.3, 0.4) is 0 Å². The van der Waals surface area contributed by atoms with E-state index < -0.39 is 0 Å². The van der Waals surface area contributed by atoms with Crippen molar-refractivity contribution >= 4 is 23.2 Å². The zero-order chi connectivity index (χ0) is 20.1. The van der Waals surface area contributed by atoms with E-state index in [-0.39, 0.29) is 18.4 Å². The molecule has 2 N–H and O–H groups in total. The minimum Gasteiger partial charge on any atom is -0.376 e. The molecule has 0 aromatic heterocycles. The number of rotatable bonds is 5. The molecule has 29 heavy (non-hydrogen) atoms. The summed E-state index contributed by atoms with van der Waals surface area (Å²) in [6.45, 7) is 0.975. The molecule has 0 atom stereocenters. The molecule has 0 bridgehead atoms. The summed E-state index contributed by atoms with van der Waals surface area (Å²) in [5.41, 5.74) is 3.74. The Bertz CT molecular complexity index is 855. The van der Waals surface area contributed by atoms with Crippen LogP contribution in [-0.4, -0.2) is 30.9 Å². The van der Waals surface area contributed by atoms with Crippen LogP contribution in [0.2, 0.25) is 0 Å². The Labute approximate surface area is 172 Å². The first kappa shape index (κ1) is 19.5. The summed E-state index contributed by atoms with van der Waals surface area (Å²) in [5.74, 6) is 0.0540. The zero-order valence-electron chi connectivity index (χ0n) is 16.8. The van der Waals surface area contributed by atoms with Crippen LogP contribution in [0.4, 0.5) is 11.4 Å². The molecule has 5 heteroatoms. The molecule has 152 valence electrons. The number of carbonyl (C=O) groups is 2. The van der Waals surface area contributed by atoms with Gasteiger partial charge in [-0.2, -0.15) is 0 Å². The first-order chi connectivity index (χ1) is 14.2. The zero-order valence-corrected chi connectivity index (χ0v) is 16.8. The van der Waals surface area contributed by atoms with E-state index in [0.29, 0.717) is 11.6 Å². The second-order valence-electron chi connectivity index (χ2n) is 8.02. The summed E-state index contributed by atoms with van der Waals surface area (Å²) < 4.78 is 0. The summed E-state index contributed by atoms with van der Waals surface area (Å²) in [4.78, 5) is 27.0. The smallest absolute Gasteiger partial charge is 0.258 e. The largest absolute Gasteiger partial charge is 0.376 e. The molecular weight excluding hydrogens is 362 g/mol. The first-order valence-electron chi connectivity index (χ1n) is 10.7. The van der Waals surface area contributed by atoms with Gasteiger partial charge in [-0.25, -0.2) is 0 Å². The maximum absolute atomic E-state index is 12.9. The van der Waals surface area contributed by atoms with Crippen LogP contribution in [0.15, 0.2) is 48.5 Å². The normalized spacial score (nSPS) is 16.8. The predicted octanol–water partition coefficient (Wildman–Crippen LogP) is 4.14. The number of fused-ring (bicyclic) bond motifs is 1. The number of anilines is 2. The third-order valence-electron chi connectivity index (χ3n) is 5.94. The number of nitrogens with zero attached hydrogens (tertiary/aromatic N) is 1. The lowest BCUT2D eigenvalue weighted by molar-refractivity contribution is -0.120. The number of benzene rings is 2. The van der Waals surface area contributed by atoms with E-state index in [1.54, 1.807) is 0 Å². The Morgan fingerprint density at radius 1 is 0.931 bits per heavy atom. The van der Waals surface area contributed by atoms with Crippen LogP contribution in [0.1, 0.15) is 54.4 Å². The van der Waals surface area contributed by atoms with Crippen LogP contribution in [0.5, 0.6) is 0 Å². The van der Waals surface area contributed by atoms with Gasteiger partial charge in [0.05, 0.1) is 6.54 Å². The second kappa shape index (κ2) is 9.12. The molecule has 1 aliphatic heterocycles. The number of carbonyl (C=O) groups excluding carboxylic acids is 2. The summed E-state index contributed by atoms with van der Waals surface area (Å²) in [7, 11) is 0. The van der Waals surface area contributed by atoms with Gasteiger partial charge >= 0.3 is 0 Å². The SMILES string of the molecule is O=C(CNc1ccc(C(=O)N2CCc3ccccc32)cc1)NC1CCCCCC1. The Kier molecular flexibility index (Phi) is 6.13. The van der Waals surface area contributed by atoms with Crippen LogP contribution >= 0.6 is 0 Å². The van der Waals surface area contributed by atoms with Gasteiger partial charge in [0, 0.05) is 29.5 Å². The van der Waals surface area contributed by atoms with Crippen molar-refractivity contribution in [1.29, 1.82) is 0 Å². The highest BCUT2D eigenvalue weighted by atomic mass is 16.2. The van der Waals surface area contributed by atoms with Gasteiger partial charge in [0.2, 0.25) is 5.91 Å². The maximum Gasteiger partial charge on any atom is 0.258 e. The van der Waals surface area contributed by atoms with Crippen molar-refractivity contribution in [2.24, 2.45) is 0 Å². The lowest BCUT2D eigenvalue weighted by Crippen LogP contribution is -2.38. The van der Waals surface area contributed by atoms with Crippen molar-refractivity contribution in [3.63, 3.8) is 0 Å². The minimum absolute atomic E-state index is 0.0209. The molecule has 2 aromatic carbocycles. The van der Waals surface area contributed by atoms with Crippen molar-refractivity contribution in [3.05, 3.63) is 59.7 Å². The third kappa shape index (κ3) is 4.78. The van der Waals surface area contributed by atoms with Gasteiger partial charge in [0.15, 0.2) is 0 Å². The summed E-state index contributed by atoms with van der Waals surface area (Å²) in [6.07, 6.45) is 8.03. The molecule has 1 heterocycles. The Morgan fingerprint density at radius 2 is 1.66 bits per heavy atom. The van der Waals surface area contributed by atoms with Crippen molar-refractivity contribution in [2.75, 3.05) is 23.3 Å². The fraction of sp³-hybridized carbons (Fsp3) is 0.417. The quantitative estimate of drug-likeness (QED) is 0.753. The van der Waals surface area contributed by atoms with E-state index in [4.69, 9.17) is 0 Å². The van der Waals surface area contributed by atoms with Gasteiger partial charge in [-0.3, -0.25) is 9.59 Å². The number of hydrogen-bond donors (Lipinski definition) is 2. The molecular formula is C24H29N3O2. The Morgan fingerprint density at radius 3 is 2.41 bits per heavy atom. The Balaban J connectivity index is 1.30. The summed E-state index contributed by atoms with van der Waals surface area (Å²) in [6, 6.07) is 15.8. The van der Waals surface area contributed by atoms with Crippen LogP contribution < -0.4 is 15.5 Å². The number of hydrogen-bond acceptors (Lipinski definition) is 3. The van der Waals surface area contributed by atoms with Gasteiger partial charge in [0.25, 0.3) is 5.91 Å². The maximum atomic E-state index is 12.9. The highest BCUT2D eigenvalue weighted by Gasteiger charge is 2.25. The second-order valence-corrected chi connectivity index (χ2v) is 8.02. The van der Waals surface area contributed by atoms with Gasteiger partial charge in [0.1, 0.15) is 0 Å². The topological polar surface area (TPSA) is 61.4 Å². The lowest BCUT2D eigenvalue weighted by Gasteiger charge is -2.18. The van der Waals surface area contributed by atoms with Crippen LogP contribution in [0, 0.1) is 0 Å². The molecule has 2 aliphatic rings. The van der Waals surface area contributed by atoms with E-state index in [9.17, 15) is 9.59 Å². The highest BCUT2D eigenvalue weighted by molar-refractivity contribution is 6.07. The van der Waals surface area contributed by atoms with E-state index in [0.717, 1.165) is 37.2 Å². The van der Waals surface area contributed by atoms with Crippen LogP contribution in [0.25, 0.3) is 0 Å². The van der Waals surface area contributed by atoms with E-state index >= 15 is 0 Å². The molecule has 1 fully saturated rings. The fourth-order valence-corrected chi connectivity index (χ4v) is 4.32. The van der Waals surface area contributed by atoms with Crippen molar-refractivity contribution < 1.29 is 9.59 Å². The van der Waals surface area contributed by atoms with E-state index in [2.05, 4.69) is 16.7 Å². The molecule has 2 amide bonds. The molecule has 0 spiro atoms. The molecule has 0 unspecified atom stereocenters. The summed E-state index contributed by atoms with van der Waals surface area (Å²) >= 11 is 0. The molecule has 0 radical (unpaired) electrons. The average Bonchev–Trinajstić information content (AvgIpc) is 3.02. The fourth-order valence-electron chi connectivity index (χ4n) is 4.32. The summed E-state index contributed by atoms with van der Waals surface area (Å²) in [5, 5.41) is 6.31. The molecule has 0 saturated heterocycles. The van der Waals surface area contributed by atoms with Crippen molar-refractivity contribution in [1.82, 2.24) is 5.32 Å². The molecule has 4 rings (SSSR count). The molecule has 1 aliphatic carbocycles. The van der Waals surface area contributed by atoms with E-state index in [1.165, 1.54) is 31.2 Å². The molecule has 1 saturated carbocycles.